The van der Waals surface area contributed by atoms with Gasteiger partial charge in [0.2, 0.25) is 5.91 Å². The number of carbonyl (C=O) groups is 2. The summed E-state index contributed by atoms with van der Waals surface area (Å²) < 4.78 is 0. The maximum Gasteiger partial charge on any atom is 0.272 e. The molecule has 3 aromatic rings. The van der Waals surface area contributed by atoms with Gasteiger partial charge in [-0.15, -0.1) is 0 Å². The van der Waals surface area contributed by atoms with Crippen LogP contribution in [0.15, 0.2) is 53.3 Å². The smallest absolute Gasteiger partial charge is 0.272 e. The number of hydrogen-bond donors (Lipinski definition) is 2. The van der Waals surface area contributed by atoms with E-state index in [0.717, 1.165) is 25.7 Å². The molecule has 0 bridgehead atoms. The number of aromatic amines is 1. The molecule has 2 aliphatic rings. The Hall–Kier alpha value is -3.68. The Morgan fingerprint density at radius 3 is 2.35 bits per heavy atom. The molecule has 2 aromatic carbocycles. The number of benzene rings is 2. The van der Waals surface area contributed by atoms with Gasteiger partial charge in [0.15, 0.2) is 5.82 Å². The van der Waals surface area contributed by atoms with Crippen LogP contribution in [0.4, 0.5) is 11.5 Å². The summed E-state index contributed by atoms with van der Waals surface area (Å²) in [6, 6.07) is 14.5. The summed E-state index contributed by atoms with van der Waals surface area (Å²) >= 11 is 0. The molecule has 5 rings (SSSR count). The van der Waals surface area contributed by atoms with E-state index < -0.39 is 0 Å². The second-order valence-corrected chi connectivity index (χ2v) is 9.11. The largest absolute Gasteiger partial charge is 0.339 e. The van der Waals surface area contributed by atoms with E-state index in [1.165, 1.54) is 6.42 Å². The molecule has 2 heterocycles. The Bertz CT molecular complexity index is 1260. The Kier molecular flexibility index (Phi) is 6.29. The van der Waals surface area contributed by atoms with E-state index in [0.29, 0.717) is 54.0 Å². The highest BCUT2D eigenvalue weighted by molar-refractivity contribution is 5.96. The molecule has 8 heteroatoms. The van der Waals surface area contributed by atoms with Crippen LogP contribution in [-0.4, -0.2) is 58.0 Å². The van der Waals surface area contributed by atoms with Gasteiger partial charge in [0.1, 0.15) is 0 Å². The molecule has 2 N–H and O–H groups in total. The minimum absolute atomic E-state index is 0.0484. The topological polar surface area (TPSA) is 98.4 Å². The molecule has 34 heavy (non-hydrogen) atoms. The fraction of sp³-hybridized carbons (Fsp3) is 0.385. The number of nitrogens with zero attached hydrogens (tertiary/aromatic N) is 3. The van der Waals surface area contributed by atoms with Crippen LogP contribution < -0.4 is 10.9 Å². The maximum absolute atomic E-state index is 13.2. The van der Waals surface area contributed by atoms with Crippen molar-refractivity contribution in [3.05, 3.63) is 64.4 Å². The fourth-order valence-corrected chi connectivity index (χ4v) is 5.00. The van der Waals surface area contributed by atoms with E-state index in [1.807, 2.05) is 40.1 Å². The fourth-order valence-electron chi connectivity index (χ4n) is 5.00. The molecule has 0 spiro atoms. The summed E-state index contributed by atoms with van der Waals surface area (Å²) in [5.41, 5.74) is 1.04. The number of anilines is 2. The van der Waals surface area contributed by atoms with Crippen LogP contribution in [-0.2, 0) is 4.79 Å². The van der Waals surface area contributed by atoms with Gasteiger partial charge < -0.3 is 15.1 Å². The van der Waals surface area contributed by atoms with Gasteiger partial charge in [0.05, 0.1) is 5.39 Å². The minimum atomic E-state index is -0.244. The van der Waals surface area contributed by atoms with Gasteiger partial charge in [-0.3, -0.25) is 14.4 Å². The number of amides is 2. The van der Waals surface area contributed by atoms with Crippen LogP contribution in [0.5, 0.6) is 0 Å². The van der Waals surface area contributed by atoms with Gasteiger partial charge >= 0.3 is 0 Å². The van der Waals surface area contributed by atoms with Crippen molar-refractivity contribution < 1.29 is 9.59 Å². The van der Waals surface area contributed by atoms with Crippen LogP contribution in [0, 0.1) is 5.92 Å². The maximum atomic E-state index is 13.2. The lowest BCUT2D eigenvalue weighted by Crippen LogP contribution is -2.52. The lowest BCUT2D eigenvalue weighted by atomic mass is 9.88. The highest BCUT2D eigenvalue weighted by Crippen LogP contribution is 2.26. The van der Waals surface area contributed by atoms with Crippen LogP contribution in [0.3, 0.4) is 0 Å². The minimum Gasteiger partial charge on any atom is -0.339 e. The second kappa shape index (κ2) is 9.67. The van der Waals surface area contributed by atoms with Crippen molar-refractivity contribution in [2.75, 3.05) is 31.5 Å². The van der Waals surface area contributed by atoms with E-state index in [4.69, 9.17) is 0 Å². The molecule has 0 atom stereocenters. The van der Waals surface area contributed by atoms with E-state index in [9.17, 15) is 14.4 Å². The Balaban J connectivity index is 1.25. The van der Waals surface area contributed by atoms with E-state index in [-0.39, 0.29) is 23.3 Å². The Morgan fingerprint density at radius 1 is 0.882 bits per heavy atom. The first-order valence-electron chi connectivity index (χ1n) is 12.0. The van der Waals surface area contributed by atoms with E-state index in [2.05, 4.69) is 15.5 Å². The van der Waals surface area contributed by atoms with E-state index in [1.54, 1.807) is 18.2 Å². The predicted molar refractivity (Wildman–Crippen MR) is 131 cm³/mol. The lowest BCUT2D eigenvalue weighted by Gasteiger charge is -2.37. The number of rotatable bonds is 4. The summed E-state index contributed by atoms with van der Waals surface area (Å²) in [4.78, 5) is 41.8. The SMILES string of the molecule is O=C(c1cccc(Nc2n[nH]c(=O)c3ccccc23)c1)N1CCN(C(=O)C2CCCCC2)CC1. The third-order valence-corrected chi connectivity index (χ3v) is 6.90. The van der Waals surface area contributed by atoms with Crippen molar-refractivity contribution in [2.45, 2.75) is 32.1 Å². The van der Waals surface area contributed by atoms with Gasteiger partial charge in [-0.25, -0.2) is 5.10 Å². The summed E-state index contributed by atoms with van der Waals surface area (Å²) in [6.07, 6.45) is 5.51. The third-order valence-electron chi connectivity index (χ3n) is 6.90. The second-order valence-electron chi connectivity index (χ2n) is 9.11. The molecule has 1 aliphatic heterocycles. The predicted octanol–water partition coefficient (Wildman–Crippen LogP) is 3.53. The first kappa shape index (κ1) is 22.1. The third kappa shape index (κ3) is 4.53. The molecule has 2 fully saturated rings. The molecular formula is C26H29N5O3. The highest BCUT2D eigenvalue weighted by Gasteiger charge is 2.30. The van der Waals surface area contributed by atoms with Crippen molar-refractivity contribution in [3.63, 3.8) is 0 Å². The standard InChI is InChI=1S/C26H29N5O3/c32-24-22-12-5-4-11-21(22)23(28-29-24)27-20-10-6-9-19(17-20)26(34)31-15-13-30(14-16-31)25(33)18-7-2-1-3-8-18/h4-6,9-12,17-18H,1-3,7-8,13-16H2,(H,27,28)(H,29,32). The average molecular weight is 460 g/mol. The number of fused-ring (bicyclic) bond motifs is 1. The molecule has 176 valence electrons. The first-order valence-corrected chi connectivity index (χ1v) is 12.0. The monoisotopic (exact) mass is 459 g/mol. The van der Waals surface area contributed by atoms with Crippen molar-refractivity contribution in [1.29, 1.82) is 0 Å². The quantitative estimate of drug-likeness (QED) is 0.622. The summed E-state index contributed by atoms with van der Waals surface area (Å²) in [5.74, 6) is 0.900. The molecule has 8 nitrogen and oxygen atoms in total. The average Bonchev–Trinajstić information content (AvgIpc) is 2.90. The lowest BCUT2D eigenvalue weighted by molar-refractivity contribution is -0.138. The highest BCUT2D eigenvalue weighted by atomic mass is 16.2. The number of carbonyl (C=O) groups excluding carboxylic acids is 2. The normalized spacial score (nSPS) is 17.1. The van der Waals surface area contributed by atoms with Crippen molar-refractivity contribution in [1.82, 2.24) is 20.0 Å². The van der Waals surface area contributed by atoms with Crippen LogP contribution in [0.25, 0.3) is 10.8 Å². The molecule has 1 aliphatic carbocycles. The molecule has 1 saturated carbocycles. The summed E-state index contributed by atoms with van der Waals surface area (Å²) in [5, 5.41) is 11.1. The summed E-state index contributed by atoms with van der Waals surface area (Å²) in [6.45, 7) is 2.26. The van der Waals surface area contributed by atoms with Crippen molar-refractivity contribution >= 4 is 34.1 Å². The van der Waals surface area contributed by atoms with Crippen molar-refractivity contribution in [3.8, 4) is 0 Å². The zero-order valence-corrected chi connectivity index (χ0v) is 19.1. The zero-order chi connectivity index (χ0) is 23.5. The molecule has 0 unspecified atom stereocenters. The summed E-state index contributed by atoms with van der Waals surface area (Å²) in [7, 11) is 0. The number of H-pyrrole nitrogens is 1. The van der Waals surface area contributed by atoms with Gasteiger partial charge in [-0.2, -0.15) is 5.10 Å². The number of piperazine rings is 1. The number of nitrogens with one attached hydrogen (secondary N) is 2. The molecular weight excluding hydrogens is 430 g/mol. The first-order chi connectivity index (χ1) is 16.6. The molecule has 1 aromatic heterocycles. The number of aromatic nitrogens is 2. The Morgan fingerprint density at radius 2 is 1.59 bits per heavy atom. The molecule has 0 radical (unpaired) electrons. The van der Waals surface area contributed by atoms with Gasteiger partial charge in [-0.1, -0.05) is 43.5 Å². The van der Waals surface area contributed by atoms with Gasteiger partial charge in [0.25, 0.3) is 11.5 Å². The number of hydrogen-bond acceptors (Lipinski definition) is 5. The van der Waals surface area contributed by atoms with Crippen LogP contribution >= 0.6 is 0 Å². The van der Waals surface area contributed by atoms with Gasteiger partial charge in [-0.05, 0) is 37.1 Å². The molecule has 1 saturated heterocycles. The van der Waals surface area contributed by atoms with Crippen LogP contribution in [0.1, 0.15) is 42.5 Å². The van der Waals surface area contributed by atoms with Gasteiger partial charge in [0, 0.05) is 48.7 Å². The van der Waals surface area contributed by atoms with Crippen LogP contribution in [0.2, 0.25) is 0 Å². The van der Waals surface area contributed by atoms with Crippen molar-refractivity contribution in [2.24, 2.45) is 5.92 Å². The molecule has 2 amide bonds. The van der Waals surface area contributed by atoms with E-state index >= 15 is 0 Å². The Labute approximate surface area is 197 Å². The zero-order valence-electron chi connectivity index (χ0n) is 19.1.